The molecule has 1 aliphatic heterocycles. The van der Waals surface area contributed by atoms with E-state index in [1.165, 1.54) is 0 Å². The lowest BCUT2D eigenvalue weighted by atomic mass is 10.0. The van der Waals surface area contributed by atoms with Gasteiger partial charge in [0.25, 0.3) is 0 Å². The van der Waals surface area contributed by atoms with E-state index in [2.05, 4.69) is 29.2 Å². The summed E-state index contributed by atoms with van der Waals surface area (Å²) < 4.78 is 0. The normalized spacial score (nSPS) is 15.0. The second-order valence-corrected chi connectivity index (χ2v) is 6.83. The predicted octanol–water partition coefficient (Wildman–Crippen LogP) is 5.70. The number of hydrogen-bond donors (Lipinski definition) is 0. The van der Waals surface area contributed by atoms with Crippen LogP contribution in [0.3, 0.4) is 0 Å². The fourth-order valence-corrected chi connectivity index (χ4v) is 3.91. The molecule has 0 bridgehead atoms. The summed E-state index contributed by atoms with van der Waals surface area (Å²) in [5.41, 5.74) is 3.69. The summed E-state index contributed by atoms with van der Waals surface area (Å²) in [7, 11) is 0. The van der Waals surface area contributed by atoms with Crippen molar-refractivity contribution in [1.29, 1.82) is 0 Å². The van der Waals surface area contributed by atoms with Crippen molar-refractivity contribution in [1.82, 2.24) is 0 Å². The molecule has 0 spiro atoms. The van der Waals surface area contributed by atoms with E-state index >= 15 is 0 Å². The summed E-state index contributed by atoms with van der Waals surface area (Å²) in [4.78, 5) is 16.1. The summed E-state index contributed by atoms with van der Waals surface area (Å²) in [6.45, 7) is 0. The van der Waals surface area contributed by atoms with E-state index in [1.807, 2.05) is 66.9 Å². The molecule has 3 aromatic carbocycles. The number of thioether (sulfide) groups is 1. The maximum absolute atomic E-state index is 12.9. The maximum atomic E-state index is 12.9. The van der Waals surface area contributed by atoms with Crippen LogP contribution in [-0.2, 0) is 0 Å². The molecule has 0 amide bonds. The standard InChI is InChI=1S/C22H17NOS/c24-22-17(16-25-21-14-8-7-13-20(21)22)15-23(18-9-3-1-4-10-18)19-11-5-2-6-12-19/h1-15H,16H2. The van der Waals surface area contributed by atoms with Gasteiger partial charge in [0.15, 0.2) is 5.78 Å². The highest BCUT2D eigenvalue weighted by atomic mass is 32.2. The summed E-state index contributed by atoms with van der Waals surface area (Å²) >= 11 is 1.72. The molecule has 2 nitrogen and oxygen atoms in total. The van der Waals surface area contributed by atoms with Gasteiger partial charge in [-0.2, -0.15) is 0 Å². The largest absolute Gasteiger partial charge is 0.317 e. The molecule has 0 aliphatic carbocycles. The molecule has 122 valence electrons. The van der Waals surface area contributed by atoms with Crippen LogP contribution in [0.5, 0.6) is 0 Å². The molecule has 0 saturated carbocycles. The van der Waals surface area contributed by atoms with Gasteiger partial charge in [-0.1, -0.05) is 48.5 Å². The molecule has 1 aliphatic rings. The van der Waals surface area contributed by atoms with Gasteiger partial charge in [0.05, 0.1) is 0 Å². The van der Waals surface area contributed by atoms with E-state index < -0.39 is 0 Å². The Kier molecular flexibility index (Phi) is 4.40. The van der Waals surface area contributed by atoms with Crippen molar-refractivity contribution in [2.75, 3.05) is 10.7 Å². The highest BCUT2D eigenvalue weighted by Crippen LogP contribution is 2.34. The minimum Gasteiger partial charge on any atom is -0.317 e. The number of hydrogen-bond acceptors (Lipinski definition) is 3. The number of ketones is 1. The smallest absolute Gasteiger partial charge is 0.192 e. The first-order valence-corrected chi connectivity index (χ1v) is 9.18. The molecule has 0 atom stereocenters. The van der Waals surface area contributed by atoms with Crippen LogP contribution in [0.25, 0.3) is 0 Å². The molecule has 0 radical (unpaired) electrons. The van der Waals surface area contributed by atoms with Gasteiger partial charge < -0.3 is 4.90 Å². The van der Waals surface area contributed by atoms with Crippen LogP contribution in [0, 0.1) is 0 Å². The Morgan fingerprint density at radius 3 is 1.96 bits per heavy atom. The van der Waals surface area contributed by atoms with Crippen molar-refractivity contribution in [2.45, 2.75) is 4.90 Å². The van der Waals surface area contributed by atoms with Crippen LogP contribution in [0.4, 0.5) is 11.4 Å². The van der Waals surface area contributed by atoms with Crippen molar-refractivity contribution in [2.24, 2.45) is 0 Å². The number of para-hydroxylation sites is 2. The monoisotopic (exact) mass is 343 g/mol. The second kappa shape index (κ2) is 6.99. The molecule has 0 N–H and O–H groups in total. The number of rotatable bonds is 3. The van der Waals surface area contributed by atoms with Gasteiger partial charge in [-0.05, 0) is 36.4 Å². The predicted molar refractivity (Wildman–Crippen MR) is 105 cm³/mol. The molecular weight excluding hydrogens is 326 g/mol. The zero-order chi connectivity index (χ0) is 17.1. The Labute approximate surface area is 151 Å². The summed E-state index contributed by atoms with van der Waals surface area (Å²) in [5.74, 6) is 0.803. The number of nitrogens with zero attached hydrogens (tertiary/aromatic N) is 1. The van der Waals surface area contributed by atoms with E-state index in [1.54, 1.807) is 11.8 Å². The molecule has 1 heterocycles. The molecule has 0 saturated heterocycles. The second-order valence-electron chi connectivity index (χ2n) is 5.81. The zero-order valence-electron chi connectivity index (χ0n) is 13.6. The van der Waals surface area contributed by atoms with E-state index in [4.69, 9.17) is 0 Å². The SMILES string of the molecule is O=C1C(=CN(c2ccccc2)c2ccccc2)CSc2ccccc21. The van der Waals surface area contributed by atoms with Crippen molar-refractivity contribution in [3.8, 4) is 0 Å². The van der Waals surface area contributed by atoms with Crippen LogP contribution in [0.15, 0.2) is 102 Å². The maximum Gasteiger partial charge on any atom is 0.192 e. The van der Waals surface area contributed by atoms with E-state index in [0.717, 1.165) is 27.4 Å². The summed E-state index contributed by atoms with van der Waals surface area (Å²) in [6.07, 6.45) is 1.98. The molecular formula is C22H17NOS. The third-order valence-corrected chi connectivity index (χ3v) is 5.28. The number of fused-ring (bicyclic) bond motifs is 1. The van der Waals surface area contributed by atoms with Crippen LogP contribution in [0.2, 0.25) is 0 Å². The van der Waals surface area contributed by atoms with E-state index in [0.29, 0.717) is 5.75 Å². The fourth-order valence-electron chi connectivity index (χ4n) is 2.90. The molecule has 0 aromatic heterocycles. The summed E-state index contributed by atoms with van der Waals surface area (Å²) in [6, 6.07) is 28.1. The lowest BCUT2D eigenvalue weighted by Gasteiger charge is -2.24. The van der Waals surface area contributed by atoms with Crippen LogP contribution >= 0.6 is 11.8 Å². The van der Waals surface area contributed by atoms with Crippen molar-refractivity contribution in [3.05, 3.63) is 102 Å². The van der Waals surface area contributed by atoms with Gasteiger partial charge >= 0.3 is 0 Å². The highest BCUT2D eigenvalue weighted by molar-refractivity contribution is 7.99. The van der Waals surface area contributed by atoms with Gasteiger partial charge in [-0.15, -0.1) is 11.8 Å². The average molecular weight is 343 g/mol. The summed E-state index contributed by atoms with van der Waals surface area (Å²) in [5, 5.41) is 0. The Morgan fingerprint density at radius 2 is 1.32 bits per heavy atom. The molecule has 25 heavy (non-hydrogen) atoms. The van der Waals surface area contributed by atoms with E-state index in [-0.39, 0.29) is 5.78 Å². The number of Topliss-reactive ketones (excluding diaryl/α,β-unsaturated/α-hetero) is 1. The highest BCUT2D eigenvalue weighted by Gasteiger charge is 2.23. The van der Waals surface area contributed by atoms with E-state index in [9.17, 15) is 4.79 Å². The average Bonchev–Trinajstić information content (AvgIpc) is 2.69. The molecule has 0 unspecified atom stereocenters. The Hall–Kier alpha value is -2.78. The topological polar surface area (TPSA) is 20.3 Å². The lowest BCUT2D eigenvalue weighted by Crippen LogP contribution is -2.17. The minimum atomic E-state index is 0.117. The Bertz CT molecular complexity index is 880. The van der Waals surface area contributed by atoms with Gasteiger partial charge in [0.1, 0.15) is 0 Å². The third-order valence-electron chi connectivity index (χ3n) is 4.16. The van der Waals surface area contributed by atoms with Crippen molar-refractivity contribution >= 4 is 28.9 Å². The lowest BCUT2D eigenvalue weighted by molar-refractivity contribution is 0.103. The van der Waals surface area contributed by atoms with Crippen LogP contribution < -0.4 is 4.90 Å². The zero-order valence-corrected chi connectivity index (χ0v) is 14.4. The molecule has 4 rings (SSSR count). The fraction of sp³-hybridized carbons (Fsp3) is 0.0455. The molecule has 3 aromatic rings. The minimum absolute atomic E-state index is 0.117. The Balaban J connectivity index is 1.77. The first-order chi connectivity index (χ1) is 12.3. The quantitative estimate of drug-likeness (QED) is 0.569. The number of anilines is 2. The van der Waals surface area contributed by atoms with Gasteiger partial charge in [0.2, 0.25) is 0 Å². The van der Waals surface area contributed by atoms with Crippen LogP contribution in [0.1, 0.15) is 10.4 Å². The van der Waals surface area contributed by atoms with Crippen molar-refractivity contribution in [3.63, 3.8) is 0 Å². The number of benzene rings is 3. The molecule has 3 heteroatoms. The number of carbonyl (C=O) groups is 1. The van der Waals surface area contributed by atoms with Crippen LogP contribution in [-0.4, -0.2) is 11.5 Å². The number of carbonyl (C=O) groups excluding carboxylic acids is 1. The first-order valence-electron chi connectivity index (χ1n) is 8.19. The Morgan fingerprint density at radius 1 is 0.760 bits per heavy atom. The third kappa shape index (κ3) is 3.24. The van der Waals surface area contributed by atoms with Crippen molar-refractivity contribution < 1.29 is 4.79 Å². The van der Waals surface area contributed by atoms with Gasteiger partial charge in [-0.3, -0.25) is 4.79 Å². The van der Waals surface area contributed by atoms with Gasteiger partial charge in [0, 0.05) is 39.4 Å². The van der Waals surface area contributed by atoms with Gasteiger partial charge in [-0.25, -0.2) is 0 Å². The first kappa shape index (κ1) is 15.7. The molecule has 0 fully saturated rings.